The maximum absolute atomic E-state index is 11.6. The van der Waals surface area contributed by atoms with E-state index < -0.39 is 6.10 Å². The topological polar surface area (TPSA) is 37.3 Å². The monoisotopic (exact) mass is 194 g/mol. The molecule has 0 aromatic heterocycles. The van der Waals surface area contributed by atoms with Crippen molar-refractivity contribution in [2.75, 3.05) is 0 Å². The van der Waals surface area contributed by atoms with Gasteiger partial charge < -0.3 is 5.11 Å². The highest BCUT2D eigenvalue weighted by molar-refractivity contribution is 6.00. The van der Waals surface area contributed by atoms with Crippen LogP contribution in [0.5, 0.6) is 0 Å². The Morgan fingerprint density at radius 2 is 2.07 bits per heavy atom. The molecule has 0 saturated heterocycles. The van der Waals surface area contributed by atoms with E-state index in [4.69, 9.17) is 0 Å². The van der Waals surface area contributed by atoms with Crippen LogP contribution in [0.3, 0.4) is 0 Å². The lowest BCUT2D eigenvalue weighted by Gasteiger charge is -2.34. The second-order valence-electron chi connectivity index (χ2n) is 4.51. The molecular formula is C12H18O2. The van der Waals surface area contributed by atoms with Gasteiger partial charge in [0.15, 0.2) is 5.78 Å². The number of aliphatic hydroxyl groups excluding tert-OH is 1. The number of Topliss-reactive ketones (excluding diaryl/α,β-unsaturated/α-hetero) is 1. The zero-order chi connectivity index (χ0) is 10.9. The average Bonchev–Trinajstić information content (AvgIpc) is 2.08. The van der Waals surface area contributed by atoms with Gasteiger partial charge in [-0.25, -0.2) is 0 Å². The molecule has 0 saturated carbocycles. The minimum Gasteiger partial charge on any atom is -0.385 e. The van der Waals surface area contributed by atoms with Gasteiger partial charge in [0, 0.05) is 0 Å². The van der Waals surface area contributed by atoms with Crippen molar-refractivity contribution in [3.63, 3.8) is 0 Å². The lowest BCUT2D eigenvalue weighted by Crippen LogP contribution is -2.35. The molecule has 78 valence electrons. The Labute approximate surface area is 85.3 Å². The predicted octanol–water partition coefficient (Wildman–Crippen LogP) is 2.24. The number of aliphatic hydroxyl groups is 1. The zero-order valence-electron chi connectivity index (χ0n) is 9.29. The first kappa shape index (κ1) is 11.2. The minimum atomic E-state index is -0.820. The summed E-state index contributed by atoms with van der Waals surface area (Å²) in [5.41, 5.74) is 1.64. The SMILES string of the molecule is C/C=C/C1=C(C)C(=O)C(O)CC1(C)C. The van der Waals surface area contributed by atoms with Crippen molar-refractivity contribution < 1.29 is 9.90 Å². The standard InChI is InChI=1S/C12H18O2/c1-5-6-9-8(2)11(14)10(13)7-12(9,3)4/h5-6,10,13H,7H2,1-4H3/b6-5+. The number of hydrogen-bond acceptors (Lipinski definition) is 2. The maximum atomic E-state index is 11.6. The van der Waals surface area contributed by atoms with Crippen LogP contribution >= 0.6 is 0 Å². The van der Waals surface area contributed by atoms with Gasteiger partial charge in [0.05, 0.1) is 0 Å². The first-order valence-electron chi connectivity index (χ1n) is 4.96. The summed E-state index contributed by atoms with van der Waals surface area (Å²) in [5, 5.41) is 9.56. The van der Waals surface area contributed by atoms with Gasteiger partial charge in [-0.2, -0.15) is 0 Å². The Morgan fingerprint density at radius 3 is 2.57 bits per heavy atom. The summed E-state index contributed by atoms with van der Waals surface area (Å²) in [5.74, 6) is -0.127. The van der Waals surface area contributed by atoms with Gasteiger partial charge >= 0.3 is 0 Å². The minimum absolute atomic E-state index is 0.107. The maximum Gasteiger partial charge on any atom is 0.187 e. The second kappa shape index (κ2) is 3.70. The van der Waals surface area contributed by atoms with Crippen LogP contribution in [-0.2, 0) is 4.79 Å². The molecule has 0 bridgehead atoms. The molecule has 1 unspecified atom stereocenters. The normalized spacial score (nSPS) is 27.5. The van der Waals surface area contributed by atoms with Crippen LogP contribution in [0.1, 0.15) is 34.1 Å². The quantitative estimate of drug-likeness (QED) is 0.695. The van der Waals surface area contributed by atoms with Crippen LogP contribution in [0, 0.1) is 5.41 Å². The largest absolute Gasteiger partial charge is 0.385 e. The van der Waals surface area contributed by atoms with Crippen molar-refractivity contribution in [2.45, 2.75) is 40.2 Å². The molecule has 1 rings (SSSR count). The summed E-state index contributed by atoms with van der Waals surface area (Å²) in [6.07, 6.45) is 3.60. The number of ketones is 1. The van der Waals surface area contributed by atoms with E-state index in [0.717, 1.165) is 5.57 Å². The lowest BCUT2D eigenvalue weighted by atomic mass is 9.71. The Morgan fingerprint density at radius 1 is 1.50 bits per heavy atom. The van der Waals surface area contributed by atoms with Gasteiger partial charge in [0.1, 0.15) is 6.10 Å². The molecule has 0 aromatic carbocycles. The molecule has 2 heteroatoms. The van der Waals surface area contributed by atoms with Crippen LogP contribution in [0.15, 0.2) is 23.3 Å². The van der Waals surface area contributed by atoms with E-state index in [-0.39, 0.29) is 11.2 Å². The number of carbonyl (C=O) groups excluding carboxylic acids is 1. The second-order valence-corrected chi connectivity index (χ2v) is 4.51. The fourth-order valence-electron chi connectivity index (χ4n) is 2.09. The van der Waals surface area contributed by atoms with E-state index in [0.29, 0.717) is 12.0 Å². The van der Waals surface area contributed by atoms with Crippen LogP contribution in [-0.4, -0.2) is 17.0 Å². The van der Waals surface area contributed by atoms with Gasteiger partial charge in [0.25, 0.3) is 0 Å². The summed E-state index contributed by atoms with van der Waals surface area (Å²) < 4.78 is 0. The smallest absolute Gasteiger partial charge is 0.187 e. The van der Waals surface area contributed by atoms with E-state index in [1.54, 1.807) is 6.92 Å². The Bertz CT molecular complexity index is 308. The third-order valence-electron chi connectivity index (χ3n) is 2.84. The molecule has 0 aromatic rings. The Hall–Kier alpha value is -0.890. The van der Waals surface area contributed by atoms with Crippen LogP contribution in [0.25, 0.3) is 0 Å². The van der Waals surface area contributed by atoms with Crippen LogP contribution < -0.4 is 0 Å². The summed E-state index contributed by atoms with van der Waals surface area (Å²) in [6.45, 7) is 7.84. The van der Waals surface area contributed by atoms with Crippen molar-refractivity contribution in [2.24, 2.45) is 5.41 Å². The van der Waals surface area contributed by atoms with Crippen molar-refractivity contribution in [1.29, 1.82) is 0 Å². The van der Waals surface area contributed by atoms with Crippen molar-refractivity contribution in [1.82, 2.24) is 0 Å². The van der Waals surface area contributed by atoms with Gasteiger partial charge in [-0.15, -0.1) is 0 Å². The highest BCUT2D eigenvalue weighted by Gasteiger charge is 2.36. The number of allylic oxidation sites excluding steroid dienone is 3. The van der Waals surface area contributed by atoms with E-state index in [9.17, 15) is 9.90 Å². The summed E-state index contributed by atoms with van der Waals surface area (Å²) in [7, 11) is 0. The molecule has 1 atom stereocenters. The van der Waals surface area contributed by atoms with Crippen LogP contribution in [0.2, 0.25) is 0 Å². The molecule has 1 aliphatic carbocycles. The Kier molecular flexibility index (Phi) is 2.95. The van der Waals surface area contributed by atoms with Crippen molar-refractivity contribution >= 4 is 5.78 Å². The van der Waals surface area contributed by atoms with E-state index >= 15 is 0 Å². The van der Waals surface area contributed by atoms with Crippen molar-refractivity contribution in [3.8, 4) is 0 Å². The van der Waals surface area contributed by atoms with Gasteiger partial charge in [0.2, 0.25) is 0 Å². The number of hydrogen-bond donors (Lipinski definition) is 1. The molecule has 1 aliphatic rings. The average molecular weight is 194 g/mol. The molecule has 0 spiro atoms. The molecule has 0 heterocycles. The number of carbonyl (C=O) groups is 1. The fraction of sp³-hybridized carbons (Fsp3) is 0.583. The molecule has 1 N–H and O–H groups in total. The first-order valence-corrected chi connectivity index (χ1v) is 4.96. The highest BCUT2D eigenvalue weighted by Crippen LogP contribution is 2.39. The third-order valence-corrected chi connectivity index (χ3v) is 2.84. The lowest BCUT2D eigenvalue weighted by molar-refractivity contribution is -0.125. The molecule has 14 heavy (non-hydrogen) atoms. The van der Waals surface area contributed by atoms with E-state index in [1.165, 1.54) is 0 Å². The van der Waals surface area contributed by atoms with Gasteiger partial charge in [-0.05, 0) is 36.8 Å². The van der Waals surface area contributed by atoms with Crippen LogP contribution in [0.4, 0.5) is 0 Å². The highest BCUT2D eigenvalue weighted by atomic mass is 16.3. The molecule has 0 radical (unpaired) electrons. The molecule has 0 fully saturated rings. The zero-order valence-corrected chi connectivity index (χ0v) is 9.29. The third kappa shape index (κ3) is 1.80. The number of rotatable bonds is 1. The van der Waals surface area contributed by atoms with E-state index in [1.807, 2.05) is 19.1 Å². The molecule has 0 amide bonds. The molecular weight excluding hydrogens is 176 g/mol. The van der Waals surface area contributed by atoms with Crippen molar-refractivity contribution in [3.05, 3.63) is 23.3 Å². The molecule has 0 aliphatic heterocycles. The Balaban J connectivity index is 3.23. The summed E-state index contributed by atoms with van der Waals surface area (Å²) in [6, 6.07) is 0. The molecule has 2 nitrogen and oxygen atoms in total. The fourth-order valence-corrected chi connectivity index (χ4v) is 2.09. The summed E-state index contributed by atoms with van der Waals surface area (Å²) >= 11 is 0. The van der Waals surface area contributed by atoms with Gasteiger partial charge in [-0.1, -0.05) is 26.0 Å². The van der Waals surface area contributed by atoms with E-state index in [2.05, 4.69) is 13.8 Å². The summed E-state index contributed by atoms with van der Waals surface area (Å²) in [4.78, 5) is 11.6. The first-order chi connectivity index (χ1) is 6.40. The van der Waals surface area contributed by atoms with Gasteiger partial charge in [-0.3, -0.25) is 4.79 Å². The predicted molar refractivity (Wildman–Crippen MR) is 56.9 cm³/mol.